The van der Waals surface area contributed by atoms with E-state index in [1.165, 1.54) is 13.2 Å². The number of rotatable bonds is 7. The number of hydrogen-bond donors (Lipinski definition) is 1. The maximum absolute atomic E-state index is 13.0. The summed E-state index contributed by atoms with van der Waals surface area (Å²) >= 11 is 3.42. The highest BCUT2D eigenvalue weighted by atomic mass is 79.9. The summed E-state index contributed by atoms with van der Waals surface area (Å²) in [5.74, 6) is 0.326. The van der Waals surface area contributed by atoms with Crippen LogP contribution in [0.4, 0.5) is 11.4 Å². The van der Waals surface area contributed by atoms with E-state index < -0.39 is 5.97 Å². The summed E-state index contributed by atoms with van der Waals surface area (Å²) in [7, 11) is 1.31. The second-order valence-electron chi connectivity index (χ2n) is 9.40. The van der Waals surface area contributed by atoms with Crippen LogP contribution in [-0.2, 0) is 9.53 Å². The second kappa shape index (κ2) is 12.7. The number of benzene rings is 3. The third-order valence-electron chi connectivity index (χ3n) is 6.76. The van der Waals surface area contributed by atoms with Crippen molar-refractivity contribution in [3.63, 3.8) is 0 Å². The molecule has 0 spiro atoms. The van der Waals surface area contributed by atoms with Crippen molar-refractivity contribution in [2.24, 2.45) is 0 Å². The number of ether oxygens (including phenoxy) is 1. The zero-order valence-corrected chi connectivity index (χ0v) is 24.0. The van der Waals surface area contributed by atoms with Gasteiger partial charge in [-0.25, -0.2) is 4.79 Å². The van der Waals surface area contributed by atoms with Crippen LogP contribution < -0.4 is 10.2 Å². The highest BCUT2D eigenvalue weighted by Crippen LogP contribution is 2.29. The maximum Gasteiger partial charge on any atom is 0.337 e. The fourth-order valence-corrected chi connectivity index (χ4v) is 4.88. The van der Waals surface area contributed by atoms with E-state index in [0.29, 0.717) is 54.5 Å². The highest BCUT2D eigenvalue weighted by Gasteiger charge is 2.24. The number of esters is 1. The molecular formula is C32H28BrN3O5. The minimum atomic E-state index is -0.503. The van der Waals surface area contributed by atoms with Crippen molar-refractivity contribution in [2.45, 2.75) is 0 Å². The Labute approximate surface area is 246 Å². The Morgan fingerprint density at radius 1 is 0.878 bits per heavy atom. The summed E-state index contributed by atoms with van der Waals surface area (Å²) in [6.45, 7) is 2.19. The average molecular weight is 614 g/mol. The quantitative estimate of drug-likeness (QED) is 0.200. The van der Waals surface area contributed by atoms with E-state index in [-0.39, 0.29) is 11.8 Å². The highest BCUT2D eigenvalue weighted by molar-refractivity contribution is 9.10. The molecule has 0 radical (unpaired) electrons. The van der Waals surface area contributed by atoms with Gasteiger partial charge < -0.3 is 24.3 Å². The van der Waals surface area contributed by atoms with Crippen LogP contribution in [0, 0.1) is 0 Å². The fourth-order valence-electron chi connectivity index (χ4n) is 4.61. The lowest BCUT2D eigenvalue weighted by atomic mass is 10.1. The molecule has 0 atom stereocenters. The number of nitrogens with zero attached hydrogens (tertiary/aromatic N) is 2. The summed E-state index contributed by atoms with van der Waals surface area (Å²) < 4.78 is 11.7. The molecule has 1 fully saturated rings. The number of furan rings is 1. The Kier molecular flexibility index (Phi) is 8.64. The molecule has 0 saturated carbocycles. The third-order valence-corrected chi connectivity index (χ3v) is 7.29. The molecular weight excluding hydrogens is 586 g/mol. The van der Waals surface area contributed by atoms with Crippen molar-refractivity contribution in [1.82, 2.24) is 4.90 Å². The molecule has 3 aromatic carbocycles. The molecule has 0 bridgehead atoms. The number of halogens is 1. The normalized spacial score (nSPS) is 13.3. The molecule has 2 heterocycles. The molecule has 1 aliphatic rings. The maximum atomic E-state index is 13.0. The van der Waals surface area contributed by atoms with Crippen molar-refractivity contribution in [1.29, 1.82) is 0 Å². The van der Waals surface area contributed by atoms with Gasteiger partial charge in [-0.1, -0.05) is 46.3 Å². The number of methoxy groups -OCH3 is 1. The molecule has 0 aliphatic carbocycles. The fraction of sp³-hybridized carbons (Fsp3) is 0.156. The van der Waals surface area contributed by atoms with Gasteiger partial charge in [0.2, 0.25) is 5.91 Å². The second-order valence-corrected chi connectivity index (χ2v) is 10.3. The van der Waals surface area contributed by atoms with Gasteiger partial charge >= 0.3 is 5.97 Å². The van der Waals surface area contributed by atoms with Gasteiger partial charge in [-0.15, -0.1) is 0 Å². The SMILES string of the molecule is COC(=O)c1ccc(N2CCN(C(=O)c3ccccc3)CC2)c(NC(=O)/C=C/c2ccc(-c3ccc(Br)cc3)o2)c1. The largest absolute Gasteiger partial charge is 0.465 e. The Bertz CT molecular complexity index is 1570. The molecule has 4 aromatic rings. The average Bonchev–Trinajstić information content (AvgIpc) is 3.49. The van der Waals surface area contributed by atoms with Gasteiger partial charge in [-0.05, 0) is 60.7 Å². The van der Waals surface area contributed by atoms with Crippen LogP contribution in [0.3, 0.4) is 0 Å². The monoisotopic (exact) mass is 613 g/mol. The van der Waals surface area contributed by atoms with Gasteiger partial charge in [-0.3, -0.25) is 9.59 Å². The summed E-state index contributed by atoms with van der Waals surface area (Å²) in [6.07, 6.45) is 2.98. The molecule has 8 nitrogen and oxygen atoms in total. The summed E-state index contributed by atoms with van der Waals surface area (Å²) in [6, 6.07) is 25.7. The number of amides is 2. The van der Waals surface area contributed by atoms with E-state index in [4.69, 9.17) is 9.15 Å². The molecule has 5 rings (SSSR count). The molecule has 1 aliphatic heterocycles. The molecule has 9 heteroatoms. The van der Waals surface area contributed by atoms with Crippen molar-refractivity contribution in [3.8, 4) is 11.3 Å². The molecule has 1 N–H and O–H groups in total. The van der Waals surface area contributed by atoms with E-state index in [9.17, 15) is 14.4 Å². The van der Waals surface area contributed by atoms with E-state index in [1.54, 1.807) is 30.3 Å². The van der Waals surface area contributed by atoms with Crippen molar-refractivity contribution in [2.75, 3.05) is 43.5 Å². The van der Waals surface area contributed by atoms with Crippen LogP contribution in [0.15, 0.2) is 99.9 Å². The Hall–Kier alpha value is -4.63. The van der Waals surface area contributed by atoms with Gasteiger partial charge in [-0.2, -0.15) is 0 Å². The zero-order chi connectivity index (χ0) is 28.8. The Morgan fingerprint density at radius 3 is 2.32 bits per heavy atom. The lowest BCUT2D eigenvalue weighted by Gasteiger charge is -2.37. The lowest BCUT2D eigenvalue weighted by molar-refractivity contribution is -0.111. The Balaban J connectivity index is 1.29. The smallest absolute Gasteiger partial charge is 0.337 e. The number of carbonyl (C=O) groups is 3. The van der Waals surface area contributed by atoms with Crippen LogP contribution in [0.5, 0.6) is 0 Å². The Morgan fingerprint density at radius 2 is 1.61 bits per heavy atom. The van der Waals surface area contributed by atoms with Crippen LogP contribution in [0.25, 0.3) is 17.4 Å². The van der Waals surface area contributed by atoms with Crippen molar-refractivity contribution >= 4 is 51.2 Å². The van der Waals surface area contributed by atoms with Gasteiger partial charge in [0, 0.05) is 47.9 Å². The molecule has 1 aromatic heterocycles. The van der Waals surface area contributed by atoms with Crippen LogP contribution in [0.1, 0.15) is 26.5 Å². The van der Waals surface area contributed by atoms with Crippen molar-refractivity contribution in [3.05, 3.63) is 112 Å². The molecule has 2 amide bonds. The topological polar surface area (TPSA) is 92.1 Å². The van der Waals surface area contributed by atoms with E-state index in [0.717, 1.165) is 15.7 Å². The zero-order valence-electron chi connectivity index (χ0n) is 22.4. The minimum absolute atomic E-state index is 0.00818. The van der Waals surface area contributed by atoms with Gasteiger partial charge in [0.1, 0.15) is 11.5 Å². The third kappa shape index (κ3) is 6.75. The minimum Gasteiger partial charge on any atom is -0.465 e. The summed E-state index contributed by atoms with van der Waals surface area (Å²) in [5.41, 5.74) is 3.12. The molecule has 1 saturated heterocycles. The van der Waals surface area contributed by atoms with Gasteiger partial charge in [0.05, 0.1) is 24.0 Å². The van der Waals surface area contributed by atoms with Crippen LogP contribution in [-0.4, -0.2) is 56.0 Å². The number of piperazine rings is 1. The first-order valence-corrected chi connectivity index (χ1v) is 13.9. The summed E-state index contributed by atoms with van der Waals surface area (Å²) in [5, 5.41) is 2.90. The molecule has 41 heavy (non-hydrogen) atoms. The van der Waals surface area contributed by atoms with Crippen molar-refractivity contribution < 1.29 is 23.5 Å². The van der Waals surface area contributed by atoms with Crippen LogP contribution in [0.2, 0.25) is 0 Å². The van der Waals surface area contributed by atoms with Crippen LogP contribution >= 0.6 is 15.9 Å². The first-order chi connectivity index (χ1) is 19.9. The predicted octanol–water partition coefficient (Wildman–Crippen LogP) is 6.11. The van der Waals surface area contributed by atoms with E-state index in [1.807, 2.05) is 65.6 Å². The molecule has 208 valence electrons. The lowest BCUT2D eigenvalue weighted by Crippen LogP contribution is -2.49. The van der Waals surface area contributed by atoms with Gasteiger partial charge in [0.25, 0.3) is 5.91 Å². The predicted molar refractivity (Wildman–Crippen MR) is 162 cm³/mol. The summed E-state index contributed by atoms with van der Waals surface area (Å²) in [4.78, 5) is 42.0. The van der Waals surface area contributed by atoms with E-state index >= 15 is 0 Å². The number of hydrogen-bond acceptors (Lipinski definition) is 6. The molecule has 0 unspecified atom stereocenters. The van der Waals surface area contributed by atoms with Gasteiger partial charge in [0.15, 0.2) is 0 Å². The first kappa shape index (κ1) is 27.9. The number of carbonyl (C=O) groups excluding carboxylic acids is 3. The number of anilines is 2. The van der Waals surface area contributed by atoms with E-state index in [2.05, 4.69) is 26.1 Å². The number of nitrogens with one attached hydrogen (secondary N) is 1. The standard InChI is InChI=1S/C32H28BrN3O5/c1-40-32(39)24-9-14-28(35-17-19-36(20-18-35)31(38)23-5-3-2-4-6-23)27(21-24)34-30(37)16-13-26-12-15-29(41-26)22-7-10-25(33)11-8-22/h2-16,21H,17-20H2,1H3,(H,34,37)/b16-13+. The first-order valence-electron chi connectivity index (χ1n) is 13.1.